The SMILES string of the molecule is Cc1ccc(CS(=O)(=O)N(Cc2cc(F)ccc2F)NC(=O)[C@@H]2C[C@@H](S)CN2S(=O)(=O)c2ccc3ccccc3c2)cc1. The summed E-state index contributed by atoms with van der Waals surface area (Å²) < 4.78 is 84.8. The number of benzene rings is 4. The van der Waals surface area contributed by atoms with Crippen LogP contribution in [0.2, 0.25) is 0 Å². The van der Waals surface area contributed by atoms with Gasteiger partial charge in [-0.15, -0.1) is 4.41 Å². The van der Waals surface area contributed by atoms with Crippen LogP contribution in [-0.4, -0.2) is 49.3 Å². The van der Waals surface area contributed by atoms with E-state index in [-0.39, 0.29) is 23.4 Å². The van der Waals surface area contributed by atoms with E-state index >= 15 is 0 Å². The number of fused-ring (bicyclic) bond motifs is 1. The van der Waals surface area contributed by atoms with Gasteiger partial charge in [0.25, 0.3) is 5.91 Å². The lowest BCUT2D eigenvalue weighted by Crippen LogP contribution is -2.53. The van der Waals surface area contributed by atoms with E-state index in [1.165, 1.54) is 12.1 Å². The number of sulfonamides is 2. The molecular weight excluding hydrogens is 617 g/mol. The van der Waals surface area contributed by atoms with Gasteiger partial charge >= 0.3 is 0 Å². The highest BCUT2D eigenvalue weighted by Crippen LogP contribution is 2.31. The molecule has 1 amide bonds. The molecule has 0 aliphatic carbocycles. The smallest absolute Gasteiger partial charge is 0.253 e. The van der Waals surface area contributed by atoms with Gasteiger partial charge in [0, 0.05) is 17.4 Å². The molecule has 0 unspecified atom stereocenters. The van der Waals surface area contributed by atoms with Crippen molar-refractivity contribution in [2.75, 3.05) is 6.54 Å². The standard InChI is InChI=1S/C30H29F2N3O5S3/c1-20-6-8-21(9-7-20)19-42(37,38)35(17-24-14-25(31)11-13-28(24)32)33-30(36)29-16-26(41)18-34(29)43(39,40)27-12-10-22-4-2-3-5-23(22)15-27/h2-15,26,29,41H,16-19H2,1H3,(H,33,36)/t26-,29+/m1/s1. The van der Waals surface area contributed by atoms with Gasteiger partial charge < -0.3 is 0 Å². The molecule has 0 bridgehead atoms. The van der Waals surface area contributed by atoms with Gasteiger partial charge in [0.2, 0.25) is 20.0 Å². The number of amides is 1. The molecule has 1 saturated heterocycles. The zero-order valence-corrected chi connectivity index (χ0v) is 25.5. The summed E-state index contributed by atoms with van der Waals surface area (Å²) in [5, 5.41) is 1.02. The summed E-state index contributed by atoms with van der Waals surface area (Å²) in [4.78, 5) is 13.6. The minimum atomic E-state index is -4.36. The molecule has 2 atom stereocenters. The molecule has 5 rings (SSSR count). The summed E-state index contributed by atoms with van der Waals surface area (Å²) in [7, 11) is -8.56. The number of rotatable bonds is 9. The number of carbonyl (C=O) groups excluding carboxylic acids is 1. The molecule has 43 heavy (non-hydrogen) atoms. The number of halogens is 2. The Morgan fingerprint density at radius 3 is 2.37 bits per heavy atom. The predicted molar refractivity (Wildman–Crippen MR) is 163 cm³/mol. The van der Waals surface area contributed by atoms with E-state index in [2.05, 4.69) is 18.1 Å². The first-order valence-corrected chi connectivity index (χ1v) is 16.9. The third-order valence-electron chi connectivity index (χ3n) is 7.23. The first-order valence-electron chi connectivity index (χ1n) is 13.3. The molecule has 13 heteroatoms. The second-order valence-electron chi connectivity index (χ2n) is 10.4. The van der Waals surface area contributed by atoms with Crippen LogP contribution < -0.4 is 5.43 Å². The normalized spacial score (nSPS) is 17.9. The van der Waals surface area contributed by atoms with Gasteiger partial charge in [-0.1, -0.05) is 60.2 Å². The third-order valence-corrected chi connectivity index (χ3v) is 11.1. The van der Waals surface area contributed by atoms with Crippen LogP contribution >= 0.6 is 12.6 Å². The highest BCUT2D eigenvalue weighted by atomic mass is 32.2. The first kappa shape index (κ1) is 31.1. The van der Waals surface area contributed by atoms with Crippen LogP contribution in [0.25, 0.3) is 10.8 Å². The fourth-order valence-corrected chi connectivity index (χ4v) is 8.45. The number of hydrogen-bond donors (Lipinski definition) is 2. The molecule has 0 aromatic heterocycles. The summed E-state index contributed by atoms with van der Waals surface area (Å²) in [6, 6.07) is 19.8. The van der Waals surface area contributed by atoms with Crippen molar-refractivity contribution in [3.63, 3.8) is 0 Å². The van der Waals surface area contributed by atoms with Gasteiger partial charge in [0.05, 0.1) is 17.2 Å². The van der Waals surface area contributed by atoms with E-state index in [1.807, 2.05) is 19.1 Å². The van der Waals surface area contributed by atoms with Gasteiger partial charge in [-0.3, -0.25) is 10.2 Å². The predicted octanol–water partition coefficient (Wildman–Crippen LogP) is 4.55. The number of thiol groups is 1. The first-order chi connectivity index (χ1) is 20.3. The van der Waals surface area contributed by atoms with Crippen LogP contribution in [0.4, 0.5) is 8.78 Å². The van der Waals surface area contributed by atoms with Crippen molar-refractivity contribution in [2.24, 2.45) is 0 Å². The van der Waals surface area contributed by atoms with E-state index in [9.17, 15) is 30.4 Å². The molecule has 0 radical (unpaired) electrons. The Morgan fingerprint density at radius 2 is 1.65 bits per heavy atom. The van der Waals surface area contributed by atoms with Crippen molar-refractivity contribution in [1.82, 2.24) is 14.1 Å². The van der Waals surface area contributed by atoms with Crippen molar-refractivity contribution in [3.8, 4) is 0 Å². The van der Waals surface area contributed by atoms with Crippen molar-refractivity contribution < 1.29 is 30.4 Å². The number of hydrazine groups is 1. The Bertz CT molecular complexity index is 1890. The van der Waals surface area contributed by atoms with Crippen LogP contribution in [0.3, 0.4) is 0 Å². The average molecular weight is 646 g/mol. The summed E-state index contributed by atoms with van der Waals surface area (Å²) in [6.45, 7) is 1.02. The number of aryl methyl sites for hydroxylation is 1. The Morgan fingerprint density at radius 1 is 0.953 bits per heavy atom. The fraction of sp³-hybridized carbons (Fsp3) is 0.233. The van der Waals surface area contributed by atoms with E-state index in [4.69, 9.17) is 0 Å². The van der Waals surface area contributed by atoms with Gasteiger partial charge in [-0.2, -0.15) is 16.9 Å². The highest BCUT2D eigenvalue weighted by molar-refractivity contribution is 7.89. The van der Waals surface area contributed by atoms with E-state index in [0.29, 0.717) is 15.4 Å². The van der Waals surface area contributed by atoms with Crippen LogP contribution in [-0.2, 0) is 37.1 Å². The quantitative estimate of drug-likeness (QED) is 0.205. The van der Waals surface area contributed by atoms with Crippen LogP contribution in [0, 0.1) is 18.6 Å². The molecule has 1 aliphatic heterocycles. The molecule has 4 aromatic carbocycles. The molecule has 1 aliphatic rings. The lowest BCUT2D eigenvalue weighted by molar-refractivity contribution is -0.127. The molecule has 8 nitrogen and oxygen atoms in total. The Balaban J connectivity index is 1.46. The molecular formula is C30H29F2N3O5S3. The van der Waals surface area contributed by atoms with Crippen LogP contribution in [0.1, 0.15) is 23.1 Å². The zero-order chi connectivity index (χ0) is 30.9. The maximum atomic E-state index is 14.6. The number of nitrogens with one attached hydrogen (secondary N) is 1. The van der Waals surface area contributed by atoms with Crippen LogP contribution in [0.5, 0.6) is 0 Å². The average Bonchev–Trinajstić information content (AvgIpc) is 3.38. The molecule has 1 heterocycles. The molecule has 0 spiro atoms. The number of carbonyl (C=O) groups is 1. The largest absolute Gasteiger partial charge is 0.274 e. The van der Waals surface area contributed by atoms with Crippen molar-refractivity contribution >= 4 is 49.4 Å². The molecule has 226 valence electrons. The van der Waals surface area contributed by atoms with Crippen LogP contribution in [0.15, 0.2) is 89.8 Å². The van der Waals surface area contributed by atoms with Crippen molar-refractivity contribution in [2.45, 2.75) is 41.8 Å². The molecule has 1 fully saturated rings. The molecule has 4 aromatic rings. The third kappa shape index (κ3) is 6.91. The maximum absolute atomic E-state index is 14.6. The topological polar surface area (TPSA) is 104 Å². The number of hydrogen-bond acceptors (Lipinski definition) is 6. The Kier molecular flexibility index (Phi) is 8.91. The Hall–Kier alpha value is -3.36. The highest BCUT2D eigenvalue weighted by Gasteiger charge is 2.44. The summed E-state index contributed by atoms with van der Waals surface area (Å²) in [5.41, 5.74) is 3.30. The summed E-state index contributed by atoms with van der Waals surface area (Å²) in [5.74, 6) is -3.16. The summed E-state index contributed by atoms with van der Waals surface area (Å²) >= 11 is 4.43. The maximum Gasteiger partial charge on any atom is 0.253 e. The lowest BCUT2D eigenvalue weighted by atomic mass is 10.1. The zero-order valence-electron chi connectivity index (χ0n) is 23.0. The van der Waals surface area contributed by atoms with Gasteiger partial charge in [-0.05, 0) is 60.0 Å². The van der Waals surface area contributed by atoms with Gasteiger partial charge in [0.15, 0.2) is 0 Å². The molecule has 1 N–H and O–H groups in total. The van der Waals surface area contributed by atoms with Crippen molar-refractivity contribution in [1.29, 1.82) is 0 Å². The molecule has 0 saturated carbocycles. The minimum Gasteiger partial charge on any atom is -0.274 e. The van der Waals surface area contributed by atoms with Crippen molar-refractivity contribution in [3.05, 3.63) is 113 Å². The second kappa shape index (κ2) is 12.3. The number of nitrogens with zero attached hydrogens (tertiary/aromatic N) is 2. The van der Waals surface area contributed by atoms with Gasteiger partial charge in [-0.25, -0.2) is 25.6 Å². The van der Waals surface area contributed by atoms with Gasteiger partial charge in [0.1, 0.15) is 17.7 Å². The van der Waals surface area contributed by atoms with E-state index < -0.39 is 61.2 Å². The Labute approximate surface area is 254 Å². The van der Waals surface area contributed by atoms with E-state index in [1.54, 1.807) is 42.5 Å². The summed E-state index contributed by atoms with van der Waals surface area (Å²) in [6.07, 6.45) is 0.00192. The lowest BCUT2D eigenvalue weighted by Gasteiger charge is -2.28. The fourth-order valence-electron chi connectivity index (χ4n) is 4.95. The minimum absolute atomic E-state index is 0.00192. The second-order valence-corrected chi connectivity index (χ2v) is 15.0. The van der Waals surface area contributed by atoms with E-state index in [0.717, 1.165) is 33.5 Å². The monoisotopic (exact) mass is 645 g/mol.